The van der Waals surface area contributed by atoms with E-state index < -0.39 is 0 Å². The van der Waals surface area contributed by atoms with Gasteiger partial charge in [-0.05, 0) is 30.0 Å². The summed E-state index contributed by atoms with van der Waals surface area (Å²) in [6, 6.07) is 9.75. The molecule has 2 aliphatic heterocycles. The van der Waals surface area contributed by atoms with Gasteiger partial charge in [0.1, 0.15) is 17.6 Å². The van der Waals surface area contributed by atoms with E-state index in [0.717, 1.165) is 30.6 Å². The molecular formula is C24H30N2O4. The number of carbonyl (C=O) groups excluding carboxylic acids is 2. The van der Waals surface area contributed by atoms with Gasteiger partial charge in [-0.2, -0.15) is 0 Å². The SMILES string of the molecule is CC(C)CNC(=O)CC1CC2(CCN(C(=O)c3ccoc3)CC2)Oc2ccccc21. The Morgan fingerprint density at radius 1 is 1.20 bits per heavy atom. The summed E-state index contributed by atoms with van der Waals surface area (Å²) < 4.78 is 11.6. The fourth-order valence-corrected chi connectivity index (χ4v) is 4.53. The molecule has 0 bridgehead atoms. The first-order chi connectivity index (χ1) is 14.5. The normalized spacial score (nSPS) is 20.0. The third-order valence-corrected chi connectivity index (χ3v) is 6.17. The van der Waals surface area contributed by atoms with Gasteiger partial charge in [-0.15, -0.1) is 0 Å². The van der Waals surface area contributed by atoms with Crippen LogP contribution in [-0.2, 0) is 4.79 Å². The van der Waals surface area contributed by atoms with Crippen LogP contribution in [0.25, 0.3) is 0 Å². The van der Waals surface area contributed by atoms with Crippen LogP contribution in [0.3, 0.4) is 0 Å². The van der Waals surface area contributed by atoms with Crippen LogP contribution in [0, 0.1) is 5.92 Å². The fraction of sp³-hybridized carbons (Fsp3) is 0.500. The first-order valence-electron chi connectivity index (χ1n) is 10.8. The van der Waals surface area contributed by atoms with Gasteiger partial charge < -0.3 is 19.4 Å². The van der Waals surface area contributed by atoms with Gasteiger partial charge in [-0.25, -0.2) is 0 Å². The lowest BCUT2D eigenvalue weighted by atomic mass is 9.76. The molecule has 1 fully saturated rings. The highest BCUT2D eigenvalue weighted by Gasteiger charge is 2.44. The van der Waals surface area contributed by atoms with Crippen LogP contribution in [0.1, 0.15) is 61.4 Å². The van der Waals surface area contributed by atoms with Crippen molar-refractivity contribution in [3.63, 3.8) is 0 Å². The summed E-state index contributed by atoms with van der Waals surface area (Å²) in [5.74, 6) is 1.52. The predicted octanol–water partition coefficient (Wildman–Crippen LogP) is 3.98. The highest BCUT2D eigenvalue weighted by molar-refractivity contribution is 5.93. The molecule has 0 aliphatic carbocycles. The van der Waals surface area contributed by atoms with E-state index in [0.29, 0.717) is 37.5 Å². The smallest absolute Gasteiger partial charge is 0.257 e. The first kappa shape index (κ1) is 20.5. The molecule has 2 aromatic rings. The van der Waals surface area contributed by atoms with Gasteiger partial charge in [-0.1, -0.05) is 32.0 Å². The van der Waals surface area contributed by atoms with Crippen molar-refractivity contribution < 1.29 is 18.7 Å². The molecule has 1 spiro atoms. The number of nitrogens with zero attached hydrogens (tertiary/aromatic N) is 1. The van der Waals surface area contributed by atoms with Gasteiger partial charge in [0.25, 0.3) is 5.91 Å². The molecule has 6 nitrogen and oxygen atoms in total. The molecule has 0 saturated carbocycles. The van der Waals surface area contributed by atoms with Crippen LogP contribution in [0.4, 0.5) is 0 Å². The van der Waals surface area contributed by atoms with Crippen molar-refractivity contribution in [2.24, 2.45) is 5.92 Å². The average Bonchev–Trinajstić information content (AvgIpc) is 3.27. The molecule has 3 heterocycles. The topological polar surface area (TPSA) is 71.8 Å². The van der Waals surface area contributed by atoms with E-state index in [2.05, 4.69) is 25.2 Å². The minimum atomic E-state index is -0.329. The number of furan rings is 1. The maximum atomic E-state index is 12.6. The van der Waals surface area contributed by atoms with E-state index in [4.69, 9.17) is 9.15 Å². The third kappa shape index (κ3) is 4.37. The largest absolute Gasteiger partial charge is 0.487 e. The number of para-hydroxylation sites is 1. The maximum Gasteiger partial charge on any atom is 0.257 e. The summed E-state index contributed by atoms with van der Waals surface area (Å²) in [4.78, 5) is 27.1. The summed E-state index contributed by atoms with van der Waals surface area (Å²) in [6.07, 6.45) is 5.80. The Kier molecular flexibility index (Phi) is 5.84. The molecule has 1 N–H and O–H groups in total. The monoisotopic (exact) mass is 410 g/mol. The quantitative estimate of drug-likeness (QED) is 0.809. The van der Waals surface area contributed by atoms with E-state index in [-0.39, 0.29) is 23.3 Å². The summed E-state index contributed by atoms with van der Waals surface area (Å²) in [6.45, 7) is 6.16. The molecular weight excluding hydrogens is 380 g/mol. The highest BCUT2D eigenvalue weighted by atomic mass is 16.5. The van der Waals surface area contributed by atoms with Crippen molar-refractivity contribution in [1.29, 1.82) is 0 Å². The number of nitrogens with one attached hydrogen (secondary N) is 1. The number of carbonyl (C=O) groups is 2. The fourth-order valence-electron chi connectivity index (χ4n) is 4.53. The second-order valence-electron chi connectivity index (χ2n) is 8.93. The Balaban J connectivity index is 1.46. The number of likely N-dealkylation sites (tertiary alicyclic amines) is 1. The van der Waals surface area contributed by atoms with Crippen LogP contribution in [-0.4, -0.2) is 41.9 Å². The molecule has 1 unspecified atom stereocenters. The van der Waals surface area contributed by atoms with Gasteiger partial charge in [0.15, 0.2) is 0 Å². The number of benzene rings is 1. The number of hydrogen-bond acceptors (Lipinski definition) is 4. The Morgan fingerprint density at radius 2 is 1.97 bits per heavy atom. The zero-order valence-corrected chi connectivity index (χ0v) is 17.7. The van der Waals surface area contributed by atoms with E-state index >= 15 is 0 Å². The molecule has 1 aromatic carbocycles. The molecule has 4 rings (SSSR count). The molecule has 6 heteroatoms. The first-order valence-corrected chi connectivity index (χ1v) is 10.8. The van der Waals surface area contributed by atoms with Crippen molar-refractivity contribution in [2.45, 2.75) is 51.0 Å². The van der Waals surface area contributed by atoms with Gasteiger partial charge in [0, 0.05) is 44.8 Å². The van der Waals surface area contributed by atoms with Gasteiger partial charge in [0.2, 0.25) is 5.91 Å². The molecule has 1 aromatic heterocycles. The number of rotatable bonds is 5. The zero-order valence-electron chi connectivity index (χ0n) is 17.7. The van der Waals surface area contributed by atoms with Crippen molar-refractivity contribution >= 4 is 11.8 Å². The molecule has 1 atom stereocenters. The number of fused-ring (bicyclic) bond motifs is 1. The molecule has 1 saturated heterocycles. The van der Waals surface area contributed by atoms with E-state index in [1.807, 2.05) is 23.1 Å². The number of ether oxygens (including phenoxy) is 1. The summed E-state index contributed by atoms with van der Waals surface area (Å²) in [5.41, 5.74) is 1.37. The summed E-state index contributed by atoms with van der Waals surface area (Å²) in [5, 5.41) is 3.05. The Labute approximate surface area is 177 Å². The zero-order chi connectivity index (χ0) is 21.1. The van der Waals surface area contributed by atoms with Crippen molar-refractivity contribution in [1.82, 2.24) is 10.2 Å². The van der Waals surface area contributed by atoms with Crippen molar-refractivity contribution in [3.8, 4) is 5.75 Å². The molecule has 160 valence electrons. The maximum absolute atomic E-state index is 12.6. The highest BCUT2D eigenvalue weighted by Crippen LogP contribution is 2.46. The second-order valence-corrected chi connectivity index (χ2v) is 8.93. The molecule has 2 aliphatic rings. The van der Waals surface area contributed by atoms with Crippen molar-refractivity contribution in [3.05, 3.63) is 54.0 Å². The van der Waals surface area contributed by atoms with Crippen molar-refractivity contribution in [2.75, 3.05) is 19.6 Å². The second kappa shape index (κ2) is 8.54. The lowest BCUT2D eigenvalue weighted by molar-refractivity contribution is -0.122. The number of piperidine rings is 1. The molecule has 2 amide bonds. The Bertz CT molecular complexity index is 882. The molecule has 0 radical (unpaired) electrons. The lowest BCUT2D eigenvalue weighted by Gasteiger charge is -2.46. The van der Waals surface area contributed by atoms with E-state index in [1.54, 1.807) is 6.07 Å². The van der Waals surface area contributed by atoms with Crippen LogP contribution in [0.2, 0.25) is 0 Å². The number of amides is 2. The predicted molar refractivity (Wildman–Crippen MR) is 113 cm³/mol. The lowest BCUT2D eigenvalue weighted by Crippen LogP contribution is -2.52. The minimum Gasteiger partial charge on any atom is -0.487 e. The third-order valence-electron chi connectivity index (χ3n) is 6.17. The summed E-state index contributed by atoms with van der Waals surface area (Å²) in [7, 11) is 0. The van der Waals surface area contributed by atoms with Crippen LogP contribution >= 0.6 is 0 Å². The Hall–Kier alpha value is -2.76. The molecule has 30 heavy (non-hydrogen) atoms. The van der Waals surface area contributed by atoms with Crippen LogP contribution in [0.15, 0.2) is 47.3 Å². The minimum absolute atomic E-state index is 0.000534. The van der Waals surface area contributed by atoms with E-state index in [1.165, 1.54) is 12.5 Å². The van der Waals surface area contributed by atoms with Gasteiger partial charge in [-0.3, -0.25) is 9.59 Å². The summed E-state index contributed by atoms with van der Waals surface area (Å²) >= 11 is 0. The van der Waals surface area contributed by atoms with Crippen LogP contribution < -0.4 is 10.1 Å². The van der Waals surface area contributed by atoms with E-state index in [9.17, 15) is 9.59 Å². The van der Waals surface area contributed by atoms with Gasteiger partial charge in [0.05, 0.1) is 11.8 Å². The average molecular weight is 411 g/mol. The number of hydrogen-bond donors (Lipinski definition) is 1. The standard InChI is InChI=1S/C24H30N2O4/c1-17(2)15-25-22(27)13-19-14-24(30-21-6-4-3-5-20(19)21)8-10-26(11-9-24)23(28)18-7-12-29-16-18/h3-7,12,16-17,19H,8-11,13-15H2,1-2H3,(H,25,27). The van der Waals surface area contributed by atoms with Gasteiger partial charge >= 0.3 is 0 Å². The van der Waals surface area contributed by atoms with Crippen LogP contribution in [0.5, 0.6) is 5.75 Å². The Morgan fingerprint density at radius 3 is 2.67 bits per heavy atom.